The molecule has 0 unspecified atom stereocenters. The fourth-order valence-electron chi connectivity index (χ4n) is 1.96. The summed E-state index contributed by atoms with van der Waals surface area (Å²) in [4.78, 5) is 24.7. The molecule has 0 bridgehead atoms. The molecule has 3 heterocycles. The first-order chi connectivity index (χ1) is 9.54. The van der Waals surface area contributed by atoms with Gasteiger partial charge in [0.25, 0.3) is 0 Å². The van der Waals surface area contributed by atoms with E-state index < -0.39 is 11.4 Å². The molecule has 0 aromatic carbocycles. The average molecular weight is 276 g/mol. The Kier molecular flexibility index (Phi) is 2.67. The lowest BCUT2D eigenvalue weighted by Gasteiger charge is -2.00. The molecule has 3 aromatic heterocycles. The minimum absolute atomic E-state index is 0.472. The zero-order valence-electron chi connectivity index (χ0n) is 10.9. The van der Waals surface area contributed by atoms with E-state index in [1.807, 2.05) is 13.8 Å². The molecule has 9 nitrogen and oxygen atoms in total. The van der Waals surface area contributed by atoms with Crippen molar-refractivity contribution < 1.29 is 4.52 Å². The van der Waals surface area contributed by atoms with Crippen molar-refractivity contribution in [2.75, 3.05) is 0 Å². The van der Waals surface area contributed by atoms with E-state index in [9.17, 15) is 9.59 Å². The topological polar surface area (TPSA) is 114 Å². The molecule has 0 radical (unpaired) electrons. The molecule has 0 aliphatic rings. The fraction of sp³-hybridized carbons (Fsp3) is 0.273. The zero-order valence-corrected chi connectivity index (χ0v) is 10.9. The van der Waals surface area contributed by atoms with Crippen molar-refractivity contribution in [2.45, 2.75) is 20.4 Å². The molecular weight excluding hydrogens is 264 g/mol. The summed E-state index contributed by atoms with van der Waals surface area (Å²) >= 11 is 0. The van der Waals surface area contributed by atoms with E-state index in [1.165, 1.54) is 6.20 Å². The second kappa shape index (κ2) is 4.37. The lowest BCUT2D eigenvalue weighted by atomic mass is 10.2. The molecule has 0 atom stereocenters. The number of nitrogens with one attached hydrogen (secondary N) is 2. The molecule has 0 saturated heterocycles. The number of aryl methyl sites for hydroxylation is 2. The van der Waals surface area contributed by atoms with Gasteiger partial charge in [-0.1, -0.05) is 5.16 Å². The molecule has 3 rings (SSSR count). The van der Waals surface area contributed by atoms with Gasteiger partial charge >= 0.3 is 11.4 Å². The molecule has 0 aliphatic carbocycles. The molecule has 0 amide bonds. The number of aromatic nitrogens is 6. The van der Waals surface area contributed by atoms with Gasteiger partial charge in [0.15, 0.2) is 0 Å². The number of nitrogens with zero attached hydrogens (tertiary/aromatic N) is 4. The Bertz CT molecular complexity index is 842. The summed E-state index contributed by atoms with van der Waals surface area (Å²) in [5.41, 5.74) is 1.11. The highest BCUT2D eigenvalue weighted by Gasteiger charge is 2.11. The summed E-state index contributed by atoms with van der Waals surface area (Å²) in [7, 11) is 0. The van der Waals surface area contributed by atoms with Crippen LogP contribution in [-0.2, 0) is 6.54 Å². The van der Waals surface area contributed by atoms with Gasteiger partial charge in [0.05, 0.1) is 24.6 Å². The summed E-state index contributed by atoms with van der Waals surface area (Å²) in [6.45, 7) is 4.16. The van der Waals surface area contributed by atoms with Crippen molar-refractivity contribution >= 4 is 0 Å². The van der Waals surface area contributed by atoms with Crippen LogP contribution in [0.4, 0.5) is 0 Å². The maximum Gasteiger partial charge on any atom is 0.349 e. The lowest BCUT2D eigenvalue weighted by molar-refractivity contribution is 0.391. The molecule has 0 aliphatic heterocycles. The van der Waals surface area contributed by atoms with Gasteiger partial charge < -0.3 is 4.52 Å². The molecule has 3 aromatic rings. The van der Waals surface area contributed by atoms with Gasteiger partial charge in [-0.05, 0) is 13.8 Å². The van der Waals surface area contributed by atoms with E-state index in [0.717, 1.165) is 21.7 Å². The third kappa shape index (κ3) is 1.98. The summed E-state index contributed by atoms with van der Waals surface area (Å²) in [5.74, 6) is 0.728. The molecule has 0 fully saturated rings. The zero-order chi connectivity index (χ0) is 14.3. The average Bonchev–Trinajstić information content (AvgIpc) is 3.06. The van der Waals surface area contributed by atoms with Gasteiger partial charge in [-0.3, -0.25) is 9.67 Å². The Hall–Kier alpha value is -2.84. The van der Waals surface area contributed by atoms with Crippen LogP contribution in [0.2, 0.25) is 0 Å². The number of rotatable bonds is 3. The van der Waals surface area contributed by atoms with Gasteiger partial charge in [0.1, 0.15) is 11.4 Å². The quantitative estimate of drug-likeness (QED) is 0.681. The summed E-state index contributed by atoms with van der Waals surface area (Å²) in [6, 6.07) is 0. The summed E-state index contributed by atoms with van der Waals surface area (Å²) in [5, 5.41) is 10.4. The number of aromatic amines is 2. The predicted octanol–water partition coefficient (Wildman–Crippen LogP) is -0.296. The largest absolute Gasteiger partial charge is 0.361 e. The van der Waals surface area contributed by atoms with Crippen molar-refractivity contribution in [3.8, 4) is 5.69 Å². The summed E-state index contributed by atoms with van der Waals surface area (Å²) in [6.07, 6.45) is 3.14. The van der Waals surface area contributed by atoms with Crippen molar-refractivity contribution in [2.24, 2.45) is 0 Å². The van der Waals surface area contributed by atoms with Crippen molar-refractivity contribution in [1.29, 1.82) is 0 Å². The Morgan fingerprint density at radius 1 is 1.35 bits per heavy atom. The maximum atomic E-state index is 11.5. The second-order valence-electron chi connectivity index (χ2n) is 4.41. The van der Waals surface area contributed by atoms with Crippen LogP contribution in [0.1, 0.15) is 17.0 Å². The van der Waals surface area contributed by atoms with E-state index in [2.05, 4.69) is 20.3 Å². The highest BCUT2D eigenvalue weighted by atomic mass is 16.5. The van der Waals surface area contributed by atoms with Gasteiger partial charge in [-0.25, -0.2) is 14.7 Å². The van der Waals surface area contributed by atoms with Gasteiger partial charge in [0, 0.05) is 5.56 Å². The van der Waals surface area contributed by atoms with Gasteiger partial charge in [-0.15, -0.1) is 0 Å². The Morgan fingerprint density at radius 3 is 2.75 bits per heavy atom. The molecule has 2 N–H and O–H groups in total. The highest BCUT2D eigenvalue weighted by molar-refractivity contribution is 5.25. The highest BCUT2D eigenvalue weighted by Crippen LogP contribution is 2.14. The van der Waals surface area contributed by atoms with E-state index in [4.69, 9.17) is 4.52 Å². The van der Waals surface area contributed by atoms with Gasteiger partial charge in [-0.2, -0.15) is 9.78 Å². The van der Waals surface area contributed by atoms with Crippen LogP contribution in [0.15, 0.2) is 26.5 Å². The third-order valence-corrected chi connectivity index (χ3v) is 3.02. The van der Waals surface area contributed by atoms with E-state index in [-0.39, 0.29) is 0 Å². The molecule has 104 valence electrons. The van der Waals surface area contributed by atoms with Crippen LogP contribution in [0, 0.1) is 13.8 Å². The minimum atomic E-state index is -0.562. The van der Waals surface area contributed by atoms with Gasteiger partial charge in [0.2, 0.25) is 0 Å². The molecule has 0 spiro atoms. The summed E-state index contributed by atoms with van der Waals surface area (Å²) < 4.78 is 7.82. The molecule has 20 heavy (non-hydrogen) atoms. The maximum absolute atomic E-state index is 11.5. The smallest absolute Gasteiger partial charge is 0.349 e. The first-order valence-corrected chi connectivity index (χ1v) is 5.90. The van der Waals surface area contributed by atoms with Crippen LogP contribution >= 0.6 is 0 Å². The Labute approximate surface area is 111 Å². The van der Waals surface area contributed by atoms with Crippen LogP contribution in [0.3, 0.4) is 0 Å². The lowest BCUT2D eigenvalue weighted by Crippen LogP contribution is -2.15. The number of hydrogen-bond acceptors (Lipinski definition) is 5. The number of H-pyrrole nitrogens is 2. The minimum Gasteiger partial charge on any atom is -0.361 e. The standard InChI is InChI=1S/C11H12N6O3/c1-6-9(7(2)20-15-6)5-16-4-8(3-12-16)17-11(19)13-10(18)14-17/h3-4H,5H2,1-2H3,(H2,13,14,18,19). The van der Waals surface area contributed by atoms with Crippen LogP contribution in [0.5, 0.6) is 0 Å². The molecule has 9 heteroatoms. The second-order valence-corrected chi connectivity index (χ2v) is 4.41. The van der Waals surface area contributed by atoms with Crippen LogP contribution in [0.25, 0.3) is 5.69 Å². The SMILES string of the molecule is Cc1noc(C)c1Cn1cc(-n2[nH]c(=O)[nH]c2=O)cn1. The van der Waals surface area contributed by atoms with Crippen molar-refractivity contribution in [3.05, 3.63) is 50.4 Å². The monoisotopic (exact) mass is 276 g/mol. The van der Waals surface area contributed by atoms with E-state index in [0.29, 0.717) is 12.2 Å². The first kappa shape index (κ1) is 12.2. The normalized spacial score (nSPS) is 11.1. The Balaban J connectivity index is 1.93. The van der Waals surface area contributed by atoms with E-state index in [1.54, 1.807) is 10.9 Å². The molecular formula is C11H12N6O3. The van der Waals surface area contributed by atoms with Crippen LogP contribution in [-0.4, -0.2) is 29.7 Å². The van der Waals surface area contributed by atoms with E-state index >= 15 is 0 Å². The first-order valence-electron chi connectivity index (χ1n) is 5.90. The third-order valence-electron chi connectivity index (χ3n) is 3.02. The Morgan fingerprint density at radius 2 is 2.15 bits per heavy atom. The van der Waals surface area contributed by atoms with Crippen molar-refractivity contribution in [3.63, 3.8) is 0 Å². The van der Waals surface area contributed by atoms with Crippen LogP contribution < -0.4 is 11.4 Å². The fourth-order valence-corrected chi connectivity index (χ4v) is 1.96. The predicted molar refractivity (Wildman–Crippen MR) is 67.9 cm³/mol. The van der Waals surface area contributed by atoms with Crippen molar-refractivity contribution in [1.82, 2.24) is 29.7 Å². The molecule has 0 saturated carbocycles. The number of hydrogen-bond donors (Lipinski definition) is 2.